The number of alkyl carbamates (subject to hydrolysis) is 1. The zero-order chi connectivity index (χ0) is 24.8. The van der Waals surface area contributed by atoms with Gasteiger partial charge < -0.3 is 15.4 Å². The second kappa shape index (κ2) is 10.8. The largest absolute Gasteiger partial charge is 0.444 e. The first-order valence-corrected chi connectivity index (χ1v) is 10.3. The number of hydrogen-bond donors (Lipinski definition) is 2. The van der Waals surface area contributed by atoms with Crippen LogP contribution in [-0.2, 0) is 9.53 Å². The van der Waals surface area contributed by atoms with Crippen LogP contribution in [0.15, 0.2) is 49.8 Å². The Labute approximate surface area is 191 Å². The van der Waals surface area contributed by atoms with E-state index in [1.54, 1.807) is 39.8 Å². The molecule has 0 bridgehead atoms. The first kappa shape index (κ1) is 25.7. The van der Waals surface area contributed by atoms with Crippen LogP contribution < -0.4 is 10.6 Å². The van der Waals surface area contributed by atoms with Gasteiger partial charge in [-0.05, 0) is 39.3 Å². The Bertz CT molecular complexity index is 1010. The second-order valence-corrected chi connectivity index (χ2v) is 8.34. The number of halogens is 2. The Morgan fingerprint density at radius 2 is 2.00 bits per heavy atom. The number of nitrogens with zero attached hydrogens (tertiary/aromatic N) is 3. The molecule has 178 valence electrons. The highest BCUT2D eigenvalue weighted by Crippen LogP contribution is 2.33. The van der Waals surface area contributed by atoms with E-state index in [2.05, 4.69) is 33.9 Å². The molecule has 0 aliphatic rings. The quantitative estimate of drug-likeness (QED) is 0.498. The van der Waals surface area contributed by atoms with E-state index in [0.717, 1.165) is 6.20 Å². The minimum Gasteiger partial charge on any atom is -0.444 e. The molecule has 2 N–H and O–H groups in total. The van der Waals surface area contributed by atoms with Crippen LogP contribution in [0.4, 0.5) is 19.3 Å². The minimum atomic E-state index is -2.94. The molecular weight excluding hydrogens is 432 g/mol. The molecule has 33 heavy (non-hydrogen) atoms. The molecular formula is C23H29F2N5O3. The lowest BCUT2D eigenvalue weighted by atomic mass is 10.0. The molecule has 2 atom stereocenters. The number of aromatic nitrogens is 3. The normalized spacial score (nSPS) is 13.2. The number of amides is 2. The number of hydrogen-bond acceptors (Lipinski definition) is 5. The second-order valence-electron chi connectivity index (χ2n) is 8.34. The van der Waals surface area contributed by atoms with Crippen molar-refractivity contribution in [1.29, 1.82) is 0 Å². The van der Waals surface area contributed by atoms with Gasteiger partial charge in [0.2, 0.25) is 5.91 Å². The van der Waals surface area contributed by atoms with Crippen LogP contribution >= 0.6 is 0 Å². The Kier molecular flexibility index (Phi) is 8.44. The summed E-state index contributed by atoms with van der Waals surface area (Å²) in [6.45, 7) is 11.2. The molecule has 2 heterocycles. The van der Waals surface area contributed by atoms with E-state index in [4.69, 9.17) is 4.74 Å². The molecule has 2 amide bonds. The van der Waals surface area contributed by atoms with Gasteiger partial charge in [0, 0.05) is 11.8 Å². The van der Waals surface area contributed by atoms with Crippen molar-refractivity contribution in [3.8, 4) is 11.3 Å². The number of carbonyl (C=O) groups is 2. The third-order valence-electron chi connectivity index (χ3n) is 4.51. The Morgan fingerprint density at radius 1 is 1.30 bits per heavy atom. The van der Waals surface area contributed by atoms with Crippen molar-refractivity contribution in [2.45, 2.75) is 52.3 Å². The zero-order valence-electron chi connectivity index (χ0n) is 19.1. The molecule has 0 fully saturated rings. The maximum absolute atomic E-state index is 13.7. The monoisotopic (exact) mass is 461 g/mol. The minimum absolute atomic E-state index is 0.00730. The fraction of sp³-hybridized carbons (Fsp3) is 0.391. The summed E-state index contributed by atoms with van der Waals surface area (Å²) in [4.78, 5) is 28.9. The highest BCUT2D eigenvalue weighted by atomic mass is 19.3. The molecule has 2 rings (SSSR count). The van der Waals surface area contributed by atoms with Gasteiger partial charge >= 0.3 is 12.6 Å². The fourth-order valence-corrected chi connectivity index (χ4v) is 2.90. The van der Waals surface area contributed by atoms with Crippen LogP contribution in [0, 0.1) is 5.92 Å². The lowest BCUT2D eigenvalue weighted by Crippen LogP contribution is -2.35. The topological polar surface area (TPSA) is 98.1 Å². The summed E-state index contributed by atoms with van der Waals surface area (Å²) in [5.41, 5.74) is 0.160. The number of alkyl halides is 2. The molecule has 0 saturated heterocycles. The van der Waals surface area contributed by atoms with Crippen LogP contribution in [0.5, 0.6) is 0 Å². The Hall–Kier alpha value is -3.56. The van der Waals surface area contributed by atoms with Gasteiger partial charge in [-0.15, -0.1) is 13.2 Å². The van der Waals surface area contributed by atoms with E-state index < -0.39 is 36.1 Å². The molecule has 1 unspecified atom stereocenters. The molecule has 8 nitrogen and oxygen atoms in total. The van der Waals surface area contributed by atoms with Crippen LogP contribution in [0.2, 0.25) is 0 Å². The van der Waals surface area contributed by atoms with Crippen molar-refractivity contribution < 1.29 is 23.1 Å². The van der Waals surface area contributed by atoms with Gasteiger partial charge in [0.05, 0.1) is 35.2 Å². The van der Waals surface area contributed by atoms with Crippen LogP contribution in [0.25, 0.3) is 11.3 Å². The molecule has 0 aliphatic heterocycles. The van der Waals surface area contributed by atoms with E-state index in [1.807, 2.05) is 0 Å². The molecule has 0 saturated carbocycles. The van der Waals surface area contributed by atoms with Crippen molar-refractivity contribution >= 4 is 17.7 Å². The Balaban J connectivity index is 2.45. The third kappa shape index (κ3) is 6.96. The van der Waals surface area contributed by atoms with Gasteiger partial charge in [0.15, 0.2) is 0 Å². The van der Waals surface area contributed by atoms with Crippen molar-refractivity contribution in [2.75, 3.05) is 5.32 Å². The SMILES string of the molecule is C=CC[C@@H](NC(=O)OC(C)(C)C)c1cc(-c2c(NC(=O)C(C)C=C)cnn2C(F)F)ccn1. The van der Waals surface area contributed by atoms with E-state index >= 15 is 0 Å². The maximum atomic E-state index is 13.7. The lowest BCUT2D eigenvalue weighted by Gasteiger charge is -2.23. The molecule has 0 aromatic carbocycles. The molecule has 0 radical (unpaired) electrons. The summed E-state index contributed by atoms with van der Waals surface area (Å²) in [6.07, 6.45) is 5.31. The van der Waals surface area contributed by atoms with E-state index in [0.29, 0.717) is 22.4 Å². The van der Waals surface area contributed by atoms with E-state index in [-0.39, 0.29) is 11.4 Å². The molecule has 0 aliphatic carbocycles. The van der Waals surface area contributed by atoms with Gasteiger partial charge in [-0.3, -0.25) is 9.78 Å². The van der Waals surface area contributed by atoms with Crippen LogP contribution in [-0.4, -0.2) is 32.4 Å². The summed E-state index contributed by atoms with van der Waals surface area (Å²) in [5, 5.41) is 9.07. The maximum Gasteiger partial charge on any atom is 0.408 e. The van der Waals surface area contributed by atoms with Crippen LogP contribution in [0.3, 0.4) is 0 Å². The number of ether oxygens (including phenoxy) is 1. The first-order chi connectivity index (χ1) is 15.5. The molecule has 0 spiro atoms. The molecule has 2 aromatic heterocycles. The summed E-state index contributed by atoms with van der Waals surface area (Å²) in [6, 6.07) is 2.46. The van der Waals surface area contributed by atoms with Gasteiger partial charge in [-0.2, -0.15) is 13.9 Å². The summed E-state index contributed by atoms with van der Waals surface area (Å²) >= 11 is 0. The lowest BCUT2D eigenvalue weighted by molar-refractivity contribution is -0.118. The van der Waals surface area contributed by atoms with Crippen molar-refractivity contribution in [1.82, 2.24) is 20.1 Å². The average Bonchev–Trinajstić information content (AvgIpc) is 3.15. The summed E-state index contributed by atoms with van der Waals surface area (Å²) < 4.78 is 33.1. The highest BCUT2D eigenvalue weighted by molar-refractivity contribution is 5.96. The van der Waals surface area contributed by atoms with Crippen LogP contribution in [0.1, 0.15) is 52.4 Å². The van der Waals surface area contributed by atoms with Crippen molar-refractivity contribution in [3.63, 3.8) is 0 Å². The predicted octanol–water partition coefficient (Wildman–Crippen LogP) is 5.24. The first-order valence-electron chi connectivity index (χ1n) is 10.3. The zero-order valence-corrected chi connectivity index (χ0v) is 19.1. The number of pyridine rings is 1. The van der Waals surface area contributed by atoms with Gasteiger partial charge in [0.1, 0.15) is 5.60 Å². The number of anilines is 1. The van der Waals surface area contributed by atoms with Gasteiger partial charge in [0.25, 0.3) is 0 Å². The smallest absolute Gasteiger partial charge is 0.408 e. The molecule has 10 heteroatoms. The number of carbonyl (C=O) groups excluding carboxylic acids is 2. The predicted molar refractivity (Wildman–Crippen MR) is 122 cm³/mol. The third-order valence-corrected chi connectivity index (χ3v) is 4.51. The number of nitrogens with one attached hydrogen (secondary N) is 2. The van der Waals surface area contributed by atoms with Crippen molar-refractivity contribution in [2.24, 2.45) is 5.92 Å². The summed E-state index contributed by atoms with van der Waals surface area (Å²) in [7, 11) is 0. The Morgan fingerprint density at radius 3 is 2.58 bits per heavy atom. The molecule has 2 aromatic rings. The van der Waals surface area contributed by atoms with E-state index in [9.17, 15) is 18.4 Å². The average molecular weight is 462 g/mol. The van der Waals surface area contributed by atoms with Gasteiger partial charge in [-0.25, -0.2) is 9.48 Å². The summed E-state index contributed by atoms with van der Waals surface area (Å²) in [5.74, 6) is -0.943. The highest BCUT2D eigenvalue weighted by Gasteiger charge is 2.24. The van der Waals surface area contributed by atoms with Gasteiger partial charge in [-0.1, -0.05) is 19.1 Å². The standard InChI is InChI=1S/C23H29F2N5O3/c1-7-9-16(29-22(32)33-23(4,5)6)17-12-15(10-11-26-17)19-18(13-27-30(19)21(24)25)28-20(31)14(3)8-2/h7-8,10-14,16,21H,1-2,9H2,3-6H3,(H,28,31)(H,29,32)/t14?,16-/m1/s1. The van der Waals surface area contributed by atoms with E-state index in [1.165, 1.54) is 18.3 Å². The van der Waals surface area contributed by atoms with Crippen molar-refractivity contribution in [3.05, 3.63) is 55.5 Å². The number of rotatable bonds is 9. The fourth-order valence-electron chi connectivity index (χ4n) is 2.90.